The fourth-order valence-electron chi connectivity index (χ4n) is 2.07. The van der Waals surface area contributed by atoms with Crippen molar-refractivity contribution in [1.29, 1.82) is 0 Å². The van der Waals surface area contributed by atoms with Crippen LogP contribution in [0.3, 0.4) is 0 Å². The Balaban J connectivity index is 0.00000112. The maximum atomic E-state index is 9.63. The third-order valence-electron chi connectivity index (χ3n) is 2.98. The number of hydrogen-bond donors (Lipinski definition) is 3. The second-order valence-corrected chi connectivity index (χ2v) is 3.80. The number of benzene rings is 1. The Morgan fingerprint density at radius 1 is 1.33 bits per heavy atom. The third kappa shape index (κ3) is 2.19. The number of fused-ring (bicyclic) bond motifs is 1. The highest BCUT2D eigenvalue weighted by molar-refractivity contribution is 5.85. The molecule has 1 aromatic rings. The zero-order valence-electron chi connectivity index (χ0n) is 8.66. The number of phenols is 2. The van der Waals surface area contributed by atoms with Crippen LogP contribution in [0.2, 0.25) is 0 Å². The maximum Gasteiger partial charge on any atom is 0.160 e. The Labute approximate surface area is 95.5 Å². The number of hydrogen-bond acceptors (Lipinski definition) is 3. The van der Waals surface area contributed by atoms with E-state index in [1.807, 2.05) is 13.1 Å². The van der Waals surface area contributed by atoms with Gasteiger partial charge < -0.3 is 15.5 Å². The Kier molecular flexibility index (Phi) is 3.83. The van der Waals surface area contributed by atoms with Crippen LogP contribution in [-0.4, -0.2) is 23.3 Å². The first kappa shape index (κ1) is 12.1. The van der Waals surface area contributed by atoms with E-state index in [2.05, 4.69) is 5.32 Å². The van der Waals surface area contributed by atoms with Gasteiger partial charge in [0.2, 0.25) is 0 Å². The minimum Gasteiger partial charge on any atom is -0.504 e. The normalized spacial score (nSPS) is 19.1. The van der Waals surface area contributed by atoms with E-state index in [4.69, 9.17) is 0 Å². The summed E-state index contributed by atoms with van der Waals surface area (Å²) in [5, 5.41) is 22.2. The van der Waals surface area contributed by atoms with Crippen LogP contribution in [0.25, 0.3) is 0 Å². The largest absolute Gasteiger partial charge is 0.504 e. The van der Waals surface area contributed by atoms with E-state index in [0.717, 1.165) is 30.4 Å². The van der Waals surface area contributed by atoms with Crippen molar-refractivity contribution in [2.24, 2.45) is 0 Å². The van der Waals surface area contributed by atoms with Gasteiger partial charge in [-0.2, -0.15) is 0 Å². The van der Waals surface area contributed by atoms with E-state index in [-0.39, 0.29) is 23.9 Å². The summed E-state index contributed by atoms with van der Waals surface area (Å²) in [7, 11) is 1.95. The molecule has 1 unspecified atom stereocenters. The summed E-state index contributed by atoms with van der Waals surface area (Å²) in [6.45, 7) is 0. The molecular weight excluding hydrogens is 214 g/mol. The van der Waals surface area contributed by atoms with Crippen LogP contribution in [0.4, 0.5) is 0 Å². The van der Waals surface area contributed by atoms with Gasteiger partial charge in [-0.3, -0.25) is 0 Å². The summed E-state index contributed by atoms with van der Waals surface area (Å²) in [6, 6.07) is 3.95. The fourth-order valence-corrected chi connectivity index (χ4v) is 2.07. The topological polar surface area (TPSA) is 52.5 Å². The van der Waals surface area contributed by atoms with Crippen LogP contribution in [0.5, 0.6) is 11.5 Å². The smallest absolute Gasteiger partial charge is 0.160 e. The molecule has 0 saturated carbocycles. The van der Waals surface area contributed by atoms with Gasteiger partial charge in [-0.25, -0.2) is 0 Å². The number of halogens is 1. The highest BCUT2D eigenvalue weighted by Crippen LogP contribution is 2.35. The molecule has 0 radical (unpaired) electrons. The molecule has 0 fully saturated rings. The van der Waals surface area contributed by atoms with Crippen molar-refractivity contribution in [2.75, 3.05) is 7.05 Å². The van der Waals surface area contributed by atoms with E-state index in [0.29, 0.717) is 6.04 Å². The first-order valence-electron chi connectivity index (χ1n) is 4.92. The standard InChI is InChI=1S/C11H15NO2.ClH/c1-12-8-3-4-9-7(6-8)2-5-10(13)11(9)14;/h2,5,8,12-14H,3-4,6H2,1H3;1H. The average molecular weight is 230 g/mol. The molecule has 1 aliphatic rings. The predicted molar refractivity (Wildman–Crippen MR) is 61.9 cm³/mol. The lowest BCUT2D eigenvalue weighted by Gasteiger charge is -2.24. The highest BCUT2D eigenvalue weighted by atomic mass is 35.5. The lowest BCUT2D eigenvalue weighted by atomic mass is 9.87. The Hall–Kier alpha value is -0.930. The van der Waals surface area contributed by atoms with Crippen molar-refractivity contribution in [3.63, 3.8) is 0 Å². The molecule has 1 aromatic carbocycles. The molecular formula is C11H16ClNO2. The predicted octanol–water partition coefficient (Wildman–Crippen LogP) is 1.60. The molecule has 15 heavy (non-hydrogen) atoms. The zero-order valence-corrected chi connectivity index (χ0v) is 9.47. The van der Waals surface area contributed by atoms with Gasteiger partial charge in [-0.05, 0) is 37.9 Å². The van der Waals surface area contributed by atoms with Crippen LogP contribution in [-0.2, 0) is 12.8 Å². The van der Waals surface area contributed by atoms with Crippen LogP contribution in [0, 0.1) is 0 Å². The summed E-state index contributed by atoms with van der Waals surface area (Å²) in [4.78, 5) is 0. The van der Waals surface area contributed by atoms with Crippen molar-refractivity contribution in [1.82, 2.24) is 5.32 Å². The van der Waals surface area contributed by atoms with Crippen LogP contribution in [0.1, 0.15) is 17.5 Å². The average Bonchev–Trinajstić information content (AvgIpc) is 2.23. The minimum absolute atomic E-state index is 0. The van der Waals surface area contributed by atoms with Crippen molar-refractivity contribution in [2.45, 2.75) is 25.3 Å². The summed E-state index contributed by atoms with van der Waals surface area (Å²) < 4.78 is 0. The minimum atomic E-state index is -0.00772. The second-order valence-electron chi connectivity index (χ2n) is 3.80. The second kappa shape index (κ2) is 4.73. The van der Waals surface area contributed by atoms with E-state index in [9.17, 15) is 10.2 Å². The summed E-state index contributed by atoms with van der Waals surface area (Å²) >= 11 is 0. The van der Waals surface area contributed by atoms with Gasteiger partial charge in [0.15, 0.2) is 11.5 Å². The van der Waals surface area contributed by atoms with Gasteiger partial charge in [0, 0.05) is 11.6 Å². The van der Waals surface area contributed by atoms with Crippen LogP contribution < -0.4 is 5.32 Å². The van der Waals surface area contributed by atoms with Gasteiger partial charge in [-0.1, -0.05) is 6.07 Å². The fraction of sp³-hybridized carbons (Fsp3) is 0.455. The number of nitrogens with one attached hydrogen (secondary N) is 1. The Morgan fingerprint density at radius 2 is 2.07 bits per heavy atom. The van der Waals surface area contributed by atoms with Gasteiger partial charge in [-0.15, -0.1) is 12.4 Å². The molecule has 0 spiro atoms. The number of phenolic OH excluding ortho intramolecular Hbond substituents is 2. The first-order chi connectivity index (χ1) is 6.72. The molecule has 2 rings (SSSR count). The van der Waals surface area contributed by atoms with Crippen LogP contribution >= 0.6 is 12.4 Å². The van der Waals surface area contributed by atoms with Gasteiger partial charge in [0.05, 0.1) is 0 Å². The van der Waals surface area contributed by atoms with E-state index >= 15 is 0 Å². The SMILES string of the molecule is CNC1CCc2c(ccc(O)c2O)C1.Cl. The molecule has 0 aliphatic heterocycles. The molecule has 84 valence electrons. The molecule has 0 bridgehead atoms. The maximum absolute atomic E-state index is 9.63. The quantitative estimate of drug-likeness (QED) is 0.642. The van der Waals surface area contributed by atoms with Gasteiger partial charge >= 0.3 is 0 Å². The summed E-state index contributed by atoms with van der Waals surface area (Å²) in [5.41, 5.74) is 2.06. The van der Waals surface area contributed by atoms with Crippen molar-refractivity contribution in [3.05, 3.63) is 23.3 Å². The molecule has 3 N–H and O–H groups in total. The van der Waals surface area contributed by atoms with E-state index in [1.54, 1.807) is 6.07 Å². The molecule has 1 atom stereocenters. The lowest BCUT2D eigenvalue weighted by Crippen LogP contribution is -2.31. The van der Waals surface area contributed by atoms with Gasteiger partial charge in [0.25, 0.3) is 0 Å². The third-order valence-corrected chi connectivity index (χ3v) is 2.98. The summed E-state index contributed by atoms with van der Waals surface area (Å²) in [5.74, 6) is 0.0590. The monoisotopic (exact) mass is 229 g/mol. The van der Waals surface area contributed by atoms with Crippen molar-refractivity contribution >= 4 is 12.4 Å². The Bertz CT molecular complexity index is 355. The lowest BCUT2D eigenvalue weighted by molar-refractivity contribution is 0.391. The van der Waals surface area contributed by atoms with E-state index < -0.39 is 0 Å². The number of aromatic hydroxyl groups is 2. The van der Waals surface area contributed by atoms with Crippen molar-refractivity contribution < 1.29 is 10.2 Å². The van der Waals surface area contributed by atoms with Gasteiger partial charge in [0.1, 0.15) is 0 Å². The molecule has 0 heterocycles. The van der Waals surface area contributed by atoms with E-state index in [1.165, 1.54) is 0 Å². The molecule has 0 amide bonds. The number of rotatable bonds is 1. The number of likely N-dealkylation sites (N-methyl/N-ethyl adjacent to an activating group) is 1. The first-order valence-corrected chi connectivity index (χ1v) is 4.92. The van der Waals surface area contributed by atoms with Crippen molar-refractivity contribution in [3.8, 4) is 11.5 Å². The Morgan fingerprint density at radius 3 is 2.73 bits per heavy atom. The molecule has 0 aromatic heterocycles. The molecule has 4 heteroatoms. The van der Waals surface area contributed by atoms with Crippen LogP contribution in [0.15, 0.2) is 12.1 Å². The zero-order chi connectivity index (χ0) is 10.1. The summed E-state index contributed by atoms with van der Waals surface area (Å²) in [6.07, 6.45) is 2.78. The molecule has 1 aliphatic carbocycles. The molecule has 0 saturated heterocycles. The molecule has 3 nitrogen and oxygen atoms in total. The highest BCUT2D eigenvalue weighted by Gasteiger charge is 2.20.